The molecule has 0 saturated carbocycles. The third kappa shape index (κ3) is 11.3. The van der Waals surface area contributed by atoms with E-state index in [1.807, 2.05) is 182 Å². The molecule has 10 heteroatoms. The molecule has 0 fully saturated rings. The van der Waals surface area contributed by atoms with E-state index in [4.69, 9.17) is 9.47 Å². The maximum absolute atomic E-state index is 14.3. The summed E-state index contributed by atoms with van der Waals surface area (Å²) in [6.45, 7) is 3.23. The molecular weight excluding hydrogens is 771 g/mol. The van der Waals surface area contributed by atoms with Gasteiger partial charge in [0, 0.05) is 5.75 Å². The van der Waals surface area contributed by atoms with E-state index in [1.165, 1.54) is 11.8 Å². The first-order valence-corrected chi connectivity index (χ1v) is 20.9. The van der Waals surface area contributed by atoms with E-state index in [1.54, 1.807) is 13.8 Å². The topological polar surface area (TPSA) is 123 Å². The lowest BCUT2D eigenvalue weighted by Gasteiger charge is -2.36. The van der Waals surface area contributed by atoms with Gasteiger partial charge in [0.05, 0.1) is 4.75 Å². The van der Waals surface area contributed by atoms with Crippen molar-refractivity contribution in [3.63, 3.8) is 0 Å². The summed E-state index contributed by atoms with van der Waals surface area (Å²) in [7, 11) is 0. The predicted octanol–water partition coefficient (Wildman–Crippen LogP) is 8.60. The fourth-order valence-electron chi connectivity index (χ4n) is 6.88. The van der Waals surface area contributed by atoms with Crippen LogP contribution < -0.4 is 16.0 Å². The Morgan fingerprint density at radius 2 is 1.00 bits per heavy atom. The van der Waals surface area contributed by atoms with Crippen LogP contribution in [0.4, 0.5) is 4.79 Å². The van der Waals surface area contributed by atoms with Gasteiger partial charge in [-0.3, -0.25) is 14.4 Å². The molecule has 6 aromatic carbocycles. The SMILES string of the molecule is CC(C)[C@H](NC(=O)OC(c1ccccc1)c1ccccc1)C(=O)N[C@@H](CSC(c1ccccc1)(c1ccccc1)c1ccccc1)C(=O)NCC(=O)OCc1ccccc1. The van der Waals surface area contributed by atoms with Crippen molar-refractivity contribution < 1.29 is 28.7 Å². The standard InChI is InChI=1S/C50H49N3O6S/c1-36(2)45(53-49(57)59-46(38-23-11-4-12-24-38)39-25-13-5-14-26-39)48(56)52-43(47(55)51-33-44(54)58-34-37-21-9-3-10-22-37)35-60-50(40-27-15-6-16-28-40,41-29-17-7-18-30-41)42-31-19-8-20-32-42/h3-32,36,43,45-46H,33-35H2,1-2H3,(H,51,55)(H,52,56)(H,53,57)/t43-,45-/m0/s1. The molecule has 3 amide bonds. The smallest absolute Gasteiger partial charge is 0.408 e. The van der Waals surface area contributed by atoms with Crippen molar-refractivity contribution in [1.82, 2.24) is 16.0 Å². The summed E-state index contributed by atoms with van der Waals surface area (Å²) >= 11 is 1.48. The average molecular weight is 820 g/mol. The number of hydrogen-bond donors (Lipinski definition) is 3. The second-order valence-corrected chi connectivity index (χ2v) is 15.7. The van der Waals surface area contributed by atoms with Crippen molar-refractivity contribution >= 4 is 35.6 Å². The summed E-state index contributed by atoms with van der Waals surface area (Å²) in [6.07, 6.45) is -1.53. The molecule has 0 aliphatic carbocycles. The van der Waals surface area contributed by atoms with Gasteiger partial charge in [-0.1, -0.05) is 196 Å². The van der Waals surface area contributed by atoms with E-state index in [0.717, 1.165) is 33.4 Å². The maximum atomic E-state index is 14.3. The first kappa shape index (κ1) is 42.9. The van der Waals surface area contributed by atoms with Gasteiger partial charge in [0.15, 0.2) is 6.10 Å². The Bertz CT molecular complexity index is 2130. The molecule has 0 aromatic heterocycles. The van der Waals surface area contributed by atoms with Crippen LogP contribution in [0.1, 0.15) is 53.3 Å². The van der Waals surface area contributed by atoms with E-state index < -0.39 is 59.3 Å². The van der Waals surface area contributed by atoms with Crippen LogP contribution >= 0.6 is 11.8 Å². The predicted molar refractivity (Wildman–Crippen MR) is 236 cm³/mol. The van der Waals surface area contributed by atoms with Crippen LogP contribution in [0.5, 0.6) is 0 Å². The minimum Gasteiger partial charge on any atom is -0.460 e. The molecule has 0 radical (unpaired) electrons. The molecule has 0 spiro atoms. The zero-order valence-corrected chi connectivity index (χ0v) is 34.4. The molecule has 306 valence electrons. The number of esters is 1. The molecule has 6 aromatic rings. The summed E-state index contributed by atoms with van der Waals surface area (Å²) < 4.78 is 10.6. The van der Waals surface area contributed by atoms with Crippen molar-refractivity contribution in [3.8, 4) is 0 Å². The molecule has 0 heterocycles. The lowest BCUT2D eigenvalue weighted by atomic mass is 9.84. The largest absolute Gasteiger partial charge is 0.460 e. The van der Waals surface area contributed by atoms with Crippen LogP contribution in [-0.4, -0.2) is 48.3 Å². The Morgan fingerprint density at radius 1 is 0.567 bits per heavy atom. The minimum absolute atomic E-state index is 0.0482. The number of thioether (sulfide) groups is 1. The third-order valence-corrected chi connectivity index (χ3v) is 11.6. The highest BCUT2D eigenvalue weighted by Crippen LogP contribution is 2.48. The summed E-state index contributed by atoms with van der Waals surface area (Å²) in [5.41, 5.74) is 5.25. The average Bonchev–Trinajstić information content (AvgIpc) is 3.30. The highest BCUT2D eigenvalue weighted by Gasteiger charge is 2.39. The molecule has 9 nitrogen and oxygen atoms in total. The van der Waals surface area contributed by atoms with Crippen molar-refractivity contribution in [1.29, 1.82) is 0 Å². The van der Waals surface area contributed by atoms with Crippen LogP contribution in [0.15, 0.2) is 182 Å². The monoisotopic (exact) mass is 819 g/mol. The van der Waals surface area contributed by atoms with Crippen molar-refractivity contribution in [2.75, 3.05) is 12.3 Å². The number of hydrogen-bond acceptors (Lipinski definition) is 7. The van der Waals surface area contributed by atoms with Crippen LogP contribution in [0, 0.1) is 5.92 Å². The van der Waals surface area contributed by atoms with Gasteiger partial charge >= 0.3 is 12.1 Å². The van der Waals surface area contributed by atoms with Gasteiger partial charge in [-0.25, -0.2) is 4.79 Å². The molecule has 60 heavy (non-hydrogen) atoms. The number of nitrogens with one attached hydrogen (secondary N) is 3. The molecule has 3 N–H and O–H groups in total. The summed E-state index contributed by atoms with van der Waals surface area (Å²) in [5.74, 6) is -2.13. The number of alkyl carbamates (subject to hydrolysis) is 1. The van der Waals surface area contributed by atoms with Gasteiger partial charge in [-0.05, 0) is 39.3 Å². The third-order valence-electron chi connectivity index (χ3n) is 9.94. The van der Waals surface area contributed by atoms with E-state index in [0.29, 0.717) is 0 Å². The molecule has 0 saturated heterocycles. The number of ether oxygens (including phenoxy) is 2. The quantitative estimate of drug-likeness (QED) is 0.0587. The zero-order chi connectivity index (χ0) is 42.2. The fraction of sp³-hybridized carbons (Fsp3) is 0.200. The molecule has 0 aliphatic heterocycles. The molecular formula is C50H49N3O6S. The van der Waals surface area contributed by atoms with Crippen LogP contribution in [0.3, 0.4) is 0 Å². The van der Waals surface area contributed by atoms with Crippen molar-refractivity contribution in [3.05, 3.63) is 215 Å². The lowest BCUT2D eigenvalue weighted by Crippen LogP contribution is -2.56. The molecule has 0 aliphatic rings. The number of rotatable bonds is 18. The van der Waals surface area contributed by atoms with Gasteiger partial charge in [0.25, 0.3) is 0 Å². The first-order valence-electron chi connectivity index (χ1n) is 19.9. The Balaban J connectivity index is 1.26. The fourth-order valence-corrected chi connectivity index (χ4v) is 8.44. The first-order chi connectivity index (χ1) is 29.2. The number of carbonyl (C=O) groups excluding carboxylic acids is 4. The highest BCUT2D eigenvalue weighted by molar-refractivity contribution is 8.00. The van der Waals surface area contributed by atoms with Gasteiger partial charge in [-0.2, -0.15) is 0 Å². The van der Waals surface area contributed by atoms with Crippen LogP contribution in [-0.2, 0) is 35.2 Å². The summed E-state index contributed by atoms with van der Waals surface area (Å²) in [6, 6.07) is 55.7. The molecule has 0 bridgehead atoms. The highest BCUT2D eigenvalue weighted by atomic mass is 32.2. The Morgan fingerprint density at radius 3 is 1.45 bits per heavy atom. The van der Waals surface area contributed by atoms with Crippen LogP contribution in [0.25, 0.3) is 0 Å². The van der Waals surface area contributed by atoms with Gasteiger partial charge < -0.3 is 25.4 Å². The van der Waals surface area contributed by atoms with Crippen molar-refractivity contribution in [2.24, 2.45) is 5.92 Å². The Kier molecular flexibility index (Phi) is 15.3. The van der Waals surface area contributed by atoms with Gasteiger partial charge in [0.1, 0.15) is 25.2 Å². The minimum atomic E-state index is -1.15. The molecule has 6 rings (SSSR count). The number of amides is 3. The maximum Gasteiger partial charge on any atom is 0.408 e. The Hall–Kier alpha value is -6.65. The lowest BCUT2D eigenvalue weighted by molar-refractivity contribution is -0.145. The molecule has 0 unspecified atom stereocenters. The second kappa shape index (κ2) is 21.4. The zero-order valence-electron chi connectivity index (χ0n) is 33.6. The van der Waals surface area contributed by atoms with Crippen molar-refractivity contribution in [2.45, 2.75) is 43.4 Å². The Labute approximate surface area is 355 Å². The van der Waals surface area contributed by atoms with Gasteiger partial charge in [0.2, 0.25) is 11.8 Å². The molecule has 2 atom stereocenters. The summed E-state index contributed by atoms with van der Waals surface area (Å²) in [4.78, 5) is 55.0. The number of benzene rings is 6. The van der Waals surface area contributed by atoms with E-state index >= 15 is 0 Å². The summed E-state index contributed by atoms with van der Waals surface area (Å²) in [5, 5.41) is 8.41. The van der Waals surface area contributed by atoms with E-state index in [-0.39, 0.29) is 12.4 Å². The van der Waals surface area contributed by atoms with Gasteiger partial charge in [-0.15, -0.1) is 11.8 Å². The van der Waals surface area contributed by atoms with E-state index in [9.17, 15) is 19.2 Å². The number of carbonyl (C=O) groups is 4. The van der Waals surface area contributed by atoms with Crippen LogP contribution in [0.2, 0.25) is 0 Å². The second-order valence-electron chi connectivity index (χ2n) is 14.5. The van der Waals surface area contributed by atoms with E-state index in [2.05, 4.69) is 16.0 Å². The normalized spacial score (nSPS) is 12.2.